The zero-order valence-electron chi connectivity index (χ0n) is 9.16. The van der Waals surface area contributed by atoms with Gasteiger partial charge in [-0.1, -0.05) is 6.07 Å². The molecule has 0 atom stereocenters. The summed E-state index contributed by atoms with van der Waals surface area (Å²) in [5, 5.41) is 0. The van der Waals surface area contributed by atoms with Gasteiger partial charge in [-0.3, -0.25) is 9.59 Å². The van der Waals surface area contributed by atoms with Crippen LogP contribution in [-0.2, 0) is 4.79 Å². The summed E-state index contributed by atoms with van der Waals surface area (Å²) in [6.07, 6.45) is 0. The Morgan fingerprint density at radius 3 is 2.56 bits per heavy atom. The molecule has 0 spiro atoms. The van der Waals surface area contributed by atoms with Crippen LogP contribution in [0.2, 0.25) is 0 Å². The van der Waals surface area contributed by atoms with Crippen molar-refractivity contribution in [3.63, 3.8) is 0 Å². The first kappa shape index (κ1) is 12.2. The topological polar surface area (TPSA) is 63.4 Å². The Morgan fingerprint density at radius 1 is 1.44 bits per heavy atom. The van der Waals surface area contributed by atoms with Crippen molar-refractivity contribution in [1.29, 1.82) is 0 Å². The van der Waals surface area contributed by atoms with Gasteiger partial charge in [-0.2, -0.15) is 0 Å². The third-order valence-corrected chi connectivity index (χ3v) is 2.09. The molecule has 1 rings (SSSR count). The van der Waals surface area contributed by atoms with Crippen LogP contribution in [0.4, 0.5) is 4.39 Å². The lowest BCUT2D eigenvalue weighted by molar-refractivity contribution is -0.118. The maximum atomic E-state index is 13.4. The fraction of sp³-hybridized carbons (Fsp3) is 0.273. The molecule has 4 nitrogen and oxygen atoms in total. The Balaban J connectivity index is 2.92. The summed E-state index contributed by atoms with van der Waals surface area (Å²) in [6, 6.07) is 4.30. The highest BCUT2D eigenvalue weighted by Gasteiger charge is 2.17. The van der Waals surface area contributed by atoms with Gasteiger partial charge in [0.1, 0.15) is 5.82 Å². The Kier molecular flexibility index (Phi) is 3.60. The molecule has 16 heavy (non-hydrogen) atoms. The standard InChI is InChI=1S/C11H13FN2O2/c1-7-3-4-8(9(12)5-7)11(16)14(2)6-10(13)15/h3-5H,6H2,1-2H3,(H2,13,15). The molecule has 0 aliphatic heterocycles. The van der Waals surface area contributed by atoms with Crippen molar-refractivity contribution in [2.45, 2.75) is 6.92 Å². The van der Waals surface area contributed by atoms with Crippen molar-refractivity contribution in [3.8, 4) is 0 Å². The van der Waals surface area contributed by atoms with E-state index in [2.05, 4.69) is 0 Å². The average Bonchev–Trinajstić information content (AvgIpc) is 2.15. The van der Waals surface area contributed by atoms with Crippen molar-refractivity contribution < 1.29 is 14.0 Å². The molecule has 1 aromatic carbocycles. The van der Waals surface area contributed by atoms with E-state index in [0.717, 1.165) is 10.5 Å². The summed E-state index contributed by atoms with van der Waals surface area (Å²) in [5.74, 6) is -1.79. The summed E-state index contributed by atoms with van der Waals surface area (Å²) in [5.41, 5.74) is 5.61. The van der Waals surface area contributed by atoms with E-state index >= 15 is 0 Å². The van der Waals surface area contributed by atoms with Crippen LogP contribution in [0.1, 0.15) is 15.9 Å². The molecule has 1 aromatic rings. The molecule has 0 aromatic heterocycles. The number of amides is 2. The summed E-state index contributed by atoms with van der Waals surface area (Å²) in [4.78, 5) is 23.4. The maximum absolute atomic E-state index is 13.4. The van der Waals surface area contributed by atoms with E-state index in [0.29, 0.717) is 0 Å². The summed E-state index contributed by atoms with van der Waals surface area (Å²) < 4.78 is 13.4. The first-order chi connectivity index (χ1) is 7.41. The van der Waals surface area contributed by atoms with Gasteiger partial charge < -0.3 is 10.6 Å². The Bertz CT molecular complexity index is 432. The molecule has 0 heterocycles. The zero-order chi connectivity index (χ0) is 12.3. The number of benzene rings is 1. The molecular weight excluding hydrogens is 211 g/mol. The normalized spacial score (nSPS) is 9.94. The molecule has 0 fully saturated rings. The van der Waals surface area contributed by atoms with Gasteiger partial charge in [0.2, 0.25) is 5.91 Å². The molecular formula is C11H13FN2O2. The SMILES string of the molecule is Cc1ccc(C(=O)N(C)CC(N)=O)c(F)c1. The average molecular weight is 224 g/mol. The van der Waals surface area contributed by atoms with E-state index in [4.69, 9.17) is 5.73 Å². The number of carbonyl (C=O) groups is 2. The predicted molar refractivity (Wildman–Crippen MR) is 57.3 cm³/mol. The Hall–Kier alpha value is -1.91. The highest BCUT2D eigenvalue weighted by molar-refractivity contribution is 5.96. The number of nitrogens with zero attached hydrogens (tertiary/aromatic N) is 1. The fourth-order valence-electron chi connectivity index (χ4n) is 1.30. The second-order valence-electron chi connectivity index (χ2n) is 3.61. The summed E-state index contributed by atoms with van der Waals surface area (Å²) in [6.45, 7) is 1.50. The minimum atomic E-state index is -0.636. The van der Waals surface area contributed by atoms with E-state index in [1.165, 1.54) is 19.2 Å². The van der Waals surface area contributed by atoms with Gasteiger partial charge in [0.15, 0.2) is 0 Å². The lowest BCUT2D eigenvalue weighted by Crippen LogP contribution is -2.35. The van der Waals surface area contributed by atoms with Gasteiger partial charge in [-0.15, -0.1) is 0 Å². The molecule has 86 valence electrons. The zero-order valence-corrected chi connectivity index (χ0v) is 9.16. The smallest absolute Gasteiger partial charge is 0.257 e. The molecule has 5 heteroatoms. The Morgan fingerprint density at radius 2 is 2.06 bits per heavy atom. The van der Waals surface area contributed by atoms with Crippen LogP contribution < -0.4 is 5.73 Å². The number of likely N-dealkylation sites (N-methyl/N-ethyl adjacent to an activating group) is 1. The van der Waals surface area contributed by atoms with Crippen molar-refractivity contribution in [1.82, 2.24) is 4.90 Å². The number of hydrogen-bond acceptors (Lipinski definition) is 2. The predicted octanol–water partition coefficient (Wildman–Crippen LogP) is 0.691. The summed E-state index contributed by atoms with van der Waals surface area (Å²) in [7, 11) is 1.40. The number of primary amides is 1. The molecule has 0 aliphatic carbocycles. The first-order valence-corrected chi connectivity index (χ1v) is 4.71. The Labute approximate surface area is 92.8 Å². The number of aryl methyl sites for hydroxylation is 1. The fourth-order valence-corrected chi connectivity index (χ4v) is 1.30. The van der Waals surface area contributed by atoms with Crippen LogP contribution in [0.25, 0.3) is 0 Å². The van der Waals surface area contributed by atoms with Crippen molar-refractivity contribution in [2.75, 3.05) is 13.6 Å². The van der Waals surface area contributed by atoms with Gasteiger partial charge in [-0.25, -0.2) is 4.39 Å². The second kappa shape index (κ2) is 4.74. The number of rotatable bonds is 3. The monoisotopic (exact) mass is 224 g/mol. The van der Waals surface area contributed by atoms with E-state index < -0.39 is 17.6 Å². The molecule has 0 unspecified atom stereocenters. The number of halogens is 1. The maximum Gasteiger partial charge on any atom is 0.257 e. The second-order valence-corrected chi connectivity index (χ2v) is 3.61. The number of carbonyl (C=O) groups excluding carboxylic acids is 2. The van der Waals surface area contributed by atoms with Gasteiger partial charge in [-0.05, 0) is 24.6 Å². The third kappa shape index (κ3) is 2.79. The van der Waals surface area contributed by atoms with Crippen LogP contribution >= 0.6 is 0 Å². The van der Waals surface area contributed by atoms with Gasteiger partial charge in [0, 0.05) is 7.05 Å². The molecule has 0 aliphatic rings. The van der Waals surface area contributed by atoms with Crippen molar-refractivity contribution in [2.24, 2.45) is 5.73 Å². The van der Waals surface area contributed by atoms with Crippen LogP contribution in [-0.4, -0.2) is 30.3 Å². The minimum absolute atomic E-state index is 0.0608. The van der Waals surface area contributed by atoms with Crippen LogP contribution in [0.3, 0.4) is 0 Å². The quantitative estimate of drug-likeness (QED) is 0.821. The van der Waals surface area contributed by atoms with Crippen LogP contribution in [0.5, 0.6) is 0 Å². The van der Waals surface area contributed by atoms with E-state index in [1.807, 2.05) is 0 Å². The van der Waals surface area contributed by atoms with E-state index in [-0.39, 0.29) is 12.1 Å². The largest absolute Gasteiger partial charge is 0.368 e. The van der Waals surface area contributed by atoms with Crippen LogP contribution in [0.15, 0.2) is 18.2 Å². The lowest BCUT2D eigenvalue weighted by atomic mass is 10.1. The first-order valence-electron chi connectivity index (χ1n) is 4.71. The van der Waals surface area contributed by atoms with Gasteiger partial charge >= 0.3 is 0 Å². The molecule has 0 bridgehead atoms. The van der Waals surface area contributed by atoms with Crippen LogP contribution in [0, 0.1) is 12.7 Å². The molecule has 0 radical (unpaired) electrons. The minimum Gasteiger partial charge on any atom is -0.368 e. The molecule has 0 saturated heterocycles. The molecule has 2 N–H and O–H groups in total. The van der Waals surface area contributed by atoms with E-state index in [9.17, 15) is 14.0 Å². The third-order valence-electron chi connectivity index (χ3n) is 2.09. The van der Waals surface area contributed by atoms with Gasteiger partial charge in [0.25, 0.3) is 5.91 Å². The summed E-state index contributed by atoms with van der Waals surface area (Å²) >= 11 is 0. The lowest BCUT2D eigenvalue weighted by Gasteiger charge is -2.15. The van der Waals surface area contributed by atoms with Gasteiger partial charge in [0.05, 0.1) is 12.1 Å². The number of hydrogen-bond donors (Lipinski definition) is 1. The highest BCUT2D eigenvalue weighted by Crippen LogP contribution is 2.11. The van der Waals surface area contributed by atoms with Crippen molar-refractivity contribution >= 4 is 11.8 Å². The van der Waals surface area contributed by atoms with Crippen molar-refractivity contribution in [3.05, 3.63) is 35.1 Å². The molecule has 2 amide bonds. The van der Waals surface area contributed by atoms with E-state index in [1.54, 1.807) is 13.0 Å². The molecule has 0 saturated carbocycles. The highest BCUT2D eigenvalue weighted by atomic mass is 19.1. The number of nitrogens with two attached hydrogens (primary N) is 1.